The summed E-state index contributed by atoms with van der Waals surface area (Å²) in [4.78, 5) is 14.1. The lowest BCUT2D eigenvalue weighted by molar-refractivity contribution is -0.157. The van der Waals surface area contributed by atoms with Gasteiger partial charge in [0.15, 0.2) is 0 Å². The fraction of sp³-hybridized carbons (Fsp3) is 0.174. The Labute approximate surface area is 178 Å². The zero-order valence-corrected chi connectivity index (χ0v) is 17.5. The molecule has 3 aromatic rings. The Morgan fingerprint density at radius 3 is 2.41 bits per heavy atom. The molecule has 0 fully saturated rings. The molecule has 0 spiro atoms. The van der Waals surface area contributed by atoms with Crippen LogP contribution in [0.15, 0.2) is 83.3 Å². The molecule has 3 aromatic carbocycles. The van der Waals surface area contributed by atoms with E-state index >= 15 is 0 Å². The van der Waals surface area contributed by atoms with Crippen LogP contribution in [0, 0.1) is 0 Å². The Kier molecular flexibility index (Phi) is 5.41. The fourth-order valence-electron chi connectivity index (χ4n) is 3.80. The van der Waals surface area contributed by atoms with Gasteiger partial charge in [0.1, 0.15) is 6.54 Å². The van der Waals surface area contributed by atoms with Crippen molar-refractivity contribution in [3.05, 3.63) is 100 Å². The van der Waals surface area contributed by atoms with Crippen molar-refractivity contribution in [2.24, 2.45) is 0 Å². The van der Waals surface area contributed by atoms with Crippen LogP contribution in [0.25, 0.3) is 0 Å². The van der Waals surface area contributed by atoms with Gasteiger partial charge in [0.2, 0.25) is 5.85 Å². The smallest absolute Gasteiger partial charge is 0.320 e. The van der Waals surface area contributed by atoms with Gasteiger partial charge >= 0.3 is 5.97 Å². The van der Waals surface area contributed by atoms with Gasteiger partial charge < -0.3 is 15.2 Å². The fourth-order valence-corrected chi connectivity index (χ4v) is 4.18. The monoisotopic (exact) mass is 452 g/mol. The van der Waals surface area contributed by atoms with Crippen LogP contribution in [-0.4, -0.2) is 29.6 Å². The number of halogens is 1. The van der Waals surface area contributed by atoms with Crippen molar-refractivity contribution in [3.63, 3.8) is 0 Å². The highest BCUT2D eigenvalue weighted by Crippen LogP contribution is 2.46. The molecule has 0 saturated carbocycles. The molecule has 148 valence electrons. The van der Waals surface area contributed by atoms with Crippen LogP contribution in [-0.2, 0) is 15.4 Å². The predicted octanol–water partition coefficient (Wildman–Crippen LogP) is 4.24. The van der Waals surface area contributed by atoms with E-state index in [1.165, 1.54) is 7.11 Å². The third kappa shape index (κ3) is 3.67. The predicted molar refractivity (Wildman–Crippen MR) is 115 cm³/mol. The number of esters is 1. The summed E-state index contributed by atoms with van der Waals surface area (Å²) in [7, 11) is 1.35. The van der Waals surface area contributed by atoms with E-state index in [2.05, 4.69) is 21.2 Å². The lowest BCUT2D eigenvalue weighted by Crippen LogP contribution is -2.58. The first kappa shape index (κ1) is 19.6. The SMILES string of the molecule is COC(=O)CN1[C@@H](c2ccccc2)c2cc(Br)ccc2N[C@]1(O)c1ccccc1. The quantitative estimate of drug-likeness (QED) is 0.579. The average molecular weight is 453 g/mol. The van der Waals surface area contributed by atoms with Crippen molar-refractivity contribution in [1.82, 2.24) is 4.90 Å². The molecule has 1 aliphatic heterocycles. The Morgan fingerprint density at radius 1 is 1.10 bits per heavy atom. The molecule has 29 heavy (non-hydrogen) atoms. The number of fused-ring (bicyclic) bond motifs is 1. The molecular weight excluding hydrogens is 432 g/mol. The standard InChI is InChI=1S/C23H21BrN2O3/c1-29-21(27)15-26-22(16-8-4-2-5-9-16)19-14-18(24)12-13-20(19)25-23(26,28)17-10-6-3-7-11-17/h2-14,22,25,28H,15H2,1H3/t22-,23+/m0/s1. The molecule has 0 aromatic heterocycles. The van der Waals surface area contributed by atoms with E-state index < -0.39 is 11.8 Å². The van der Waals surface area contributed by atoms with Gasteiger partial charge in [-0.15, -0.1) is 0 Å². The number of anilines is 1. The lowest BCUT2D eigenvalue weighted by Gasteiger charge is -2.49. The first-order valence-corrected chi connectivity index (χ1v) is 10.1. The van der Waals surface area contributed by atoms with Crippen molar-refractivity contribution in [2.75, 3.05) is 19.0 Å². The molecule has 1 heterocycles. The van der Waals surface area contributed by atoms with E-state index in [9.17, 15) is 9.90 Å². The highest BCUT2D eigenvalue weighted by atomic mass is 79.9. The zero-order valence-electron chi connectivity index (χ0n) is 15.9. The number of nitrogens with one attached hydrogen (secondary N) is 1. The number of aliphatic hydroxyl groups is 1. The molecule has 6 heteroatoms. The zero-order chi connectivity index (χ0) is 20.4. The number of rotatable bonds is 4. The maximum absolute atomic E-state index is 12.3. The number of benzene rings is 3. The number of hydrogen-bond acceptors (Lipinski definition) is 5. The minimum atomic E-state index is -1.60. The summed E-state index contributed by atoms with van der Waals surface area (Å²) < 4.78 is 5.87. The minimum absolute atomic E-state index is 0.0968. The third-order valence-electron chi connectivity index (χ3n) is 5.16. The largest absolute Gasteiger partial charge is 0.468 e. The second kappa shape index (κ2) is 7.99. The topological polar surface area (TPSA) is 61.8 Å². The summed E-state index contributed by atoms with van der Waals surface area (Å²) in [6, 6.07) is 24.6. The molecule has 2 atom stereocenters. The van der Waals surface area contributed by atoms with Gasteiger partial charge in [-0.2, -0.15) is 0 Å². The van der Waals surface area contributed by atoms with Gasteiger partial charge in [-0.3, -0.25) is 4.79 Å². The highest BCUT2D eigenvalue weighted by Gasteiger charge is 2.47. The summed E-state index contributed by atoms with van der Waals surface area (Å²) in [5.74, 6) is -2.03. The van der Waals surface area contributed by atoms with Crippen LogP contribution in [0.2, 0.25) is 0 Å². The van der Waals surface area contributed by atoms with Gasteiger partial charge in [0.25, 0.3) is 0 Å². The molecule has 0 radical (unpaired) electrons. The van der Waals surface area contributed by atoms with Crippen LogP contribution in [0.3, 0.4) is 0 Å². The highest BCUT2D eigenvalue weighted by molar-refractivity contribution is 9.10. The van der Waals surface area contributed by atoms with E-state index in [4.69, 9.17) is 4.74 Å². The number of carbonyl (C=O) groups is 1. The molecule has 4 rings (SSSR count). The number of hydrogen-bond donors (Lipinski definition) is 2. The van der Waals surface area contributed by atoms with Gasteiger partial charge in [-0.1, -0.05) is 76.6 Å². The molecular formula is C23H21BrN2O3. The molecule has 0 saturated heterocycles. The van der Waals surface area contributed by atoms with Crippen molar-refractivity contribution in [2.45, 2.75) is 11.9 Å². The van der Waals surface area contributed by atoms with Gasteiger partial charge in [0.05, 0.1) is 13.2 Å². The molecule has 0 aliphatic carbocycles. The van der Waals surface area contributed by atoms with E-state index in [0.717, 1.165) is 21.3 Å². The second-order valence-corrected chi connectivity index (χ2v) is 7.83. The number of nitrogens with zero attached hydrogens (tertiary/aromatic N) is 1. The van der Waals surface area contributed by atoms with E-state index in [1.54, 1.807) is 4.90 Å². The second-order valence-electron chi connectivity index (χ2n) is 6.91. The summed E-state index contributed by atoms with van der Waals surface area (Å²) >= 11 is 3.55. The Balaban J connectivity index is 1.95. The Bertz CT molecular complexity index is 1010. The van der Waals surface area contributed by atoms with E-state index in [0.29, 0.717) is 5.56 Å². The number of methoxy groups -OCH3 is 1. The Hall–Kier alpha value is -2.67. The van der Waals surface area contributed by atoms with Crippen LogP contribution in [0.4, 0.5) is 5.69 Å². The number of carbonyl (C=O) groups excluding carboxylic acids is 1. The van der Waals surface area contributed by atoms with Crippen molar-refractivity contribution < 1.29 is 14.6 Å². The first-order valence-electron chi connectivity index (χ1n) is 9.27. The van der Waals surface area contributed by atoms with E-state index in [1.807, 2.05) is 78.9 Å². The summed E-state index contributed by atoms with van der Waals surface area (Å²) in [6.45, 7) is -0.0968. The van der Waals surface area contributed by atoms with Crippen molar-refractivity contribution in [3.8, 4) is 0 Å². The molecule has 1 aliphatic rings. The van der Waals surface area contributed by atoms with Gasteiger partial charge in [-0.05, 0) is 29.3 Å². The van der Waals surface area contributed by atoms with Crippen LogP contribution >= 0.6 is 15.9 Å². The Morgan fingerprint density at radius 2 is 1.76 bits per heavy atom. The molecule has 0 unspecified atom stereocenters. The third-order valence-corrected chi connectivity index (χ3v) is 5.66. The normalized spacial score (nSPS) is 21.1. The lowest BCUT2D eigenvalue weighted by atomic mass is 9.90. The summed E-state index contributed by atoms with van der Waals surface area (Å²) in [6.07, 6.45) is 0. The molecule has 0 amide bonds. The first-order chi connectivity index (χ1) is 14.0. The maximum Gasteiger partial charge on any atom is 0.320 e. The van der Waals surface area contributed by atoms with Crippen LogP contribution < -0.4 is 5.32 Å². The average Bonchev–Trinajstić information content (AvgIpc) is 2.76. The van der Waals surface area contributed by atoms with E-state index in [-0.39, 0.29) is 12.6 Å². The summed E-state index contributed by atoms with van der Waals surface area (Å²) in [5.41, 5.74) is 3.36. The van der Waals surface area contributed by atoms with Crippen molar-refractivity contribution in [1.29, 1.82) is 0 Å². The maximum atomic E-state index is 12.3. The van der Waals surface area contributed by atoms with Crippen LogP contribution in [0.5, 0.6) is 0 Å². The van der Waals surface area contributed by atoms with Crippen LogP contribution in [0.1, 0.15) is 22.7 Å². The molecule has 5 nitrogen and oxygen atoms in total. The number of ether oxygens (including phenoxy) is 1. The van der Waals surface area contributed by atoms with Gasteiger partial charge in [0, 0.05) is 15.7 Å². The van der Waals surface area contributed by atoms with Gasteiger partial charge in [-0.25, -0.2) is 4.90 Å². The molecule has 0 bridgehead atoms. The molecule has 2 N–H and O–H groups in total. The summed E-state index contributed by atoms with van der Waals surface area (Å²) in [5, 5.41) is 15.1. The minimum Gasteiger partial charge on any atom is -0.468 e. The van der Waals surface area contributed by atoms with Crippen molar-refractivity contribution >= 4 is 27.6 Å².